The first-order chi connectivity index (χ1) is 10.7. The molecule has 3 N–H and O–H groups in total. The molecule has 0 aliphatic carbocycles. The Bertz CT molecular complexity index is 867. The average molecular weight is 287 g/mol. The normalized spacial score (nSPS) is 10.1. The fourth-order valence-corrected chi connectivity index (χ4v) is 2.44. The van der Waals surface area contributed by atoms with E-state index < -0.39 is 0 Å². The van der Waals surface area contributed by atoms with E-state index in [1.54, 1.807) is 24.4 Å². The van der Waals surface area contributed by atoms with Crippen molar-refractivity contribution in [2.75, 3.05) is 5.73 Å². The first-order valence-corrected chi connectivity index (χ1v) is 6.74. The molecule has 1 heterocycles. The Balaban J connectivity index is 2.35. The second kappa shape index (κ2) is 5.58. The van der Waals surface area contributed by atoms with Gasteiger partial charge in [-0.05, 0) is 23.3 Å². The zero-order chi connectivity index (χ0) is 15.5. The zero-order valence-electron chi connectivity index (χ0n) is 11.7. The molecule has 0 spiro atoms. The molecule has 0 unspecified atom stereocenters. The largest absolute Gasteiger partial charge is 0.508 e. The maximum Gasteiger partial charge on any atom is 0.141 e. The van der Waals surface area contributed by atoms with Crippen LogP contribution < -0.4 is 5.73 Å². The van der Waals surface area contributed by atoms with E-state index in [0.29, 0.717) is 11.1 Å². The first kappa shape index (κ1) is 13.7. The minimum Gasteiger partial charge on any atom is -0.508 e. The maximum atomic E-state index is 9.74. The zero-order valence-corrected chi connectivity index (χ0v) is 11.7. The van der Waals surface area contributed by atoms with Gasteiger partial charge >= 0.3 is 0 Å². The molecule has 0 aliphatic rings. The van der Waals surface area contributed by atoms with Crippen molar-refractivity contribution in [3.8, 4) is 34.1 Å². The van der Waals surface area contributed by atoms with Crippen LogP contribution in [0.2, 0.25) is 0 Å². The summed E-state index contributed by atoms with van der Waals surface area (Å²) >= 11 is 0. The molecule has 0 atom stereocenters. The number of phenolic OH excluding ortho intramolecular Hbond substituents is 1. The predicted molar refractivity (Wildman–Crippen MR) is 85.9 cm³/mol. The second-order valence-corrected chi connectivity index (χ2v) is 4.84. The number of nitrogen functional groups attached to an aromatic ring is 1. The molecule has 0 amide bonds. The highest BCUT2D eigenvalue weighted by Crippen LogP contribution is 2.37. The van der Waals surface area contributed by atoms with Crippen molar-refractivity contribution >= 4 is 5.82 Å². The van der Waals surface area contributed by atoms with Crippen LogP contribution in [0.15, 0.2) is 60.8 Å². The Labute approximate surface area is 128 Å². The smallest absolute Gasteiger partial charge is 0.141 e. The number of nitrogens with two attached hydrogens (primary N) is 1. The highest BCUT2D eigenvalue weighted by molar-refractivity contribution is 5.89. The van der Waals surface area contributed by atoms with Gasteiger partial charge in [0.05, 0.1) is 0 Å². The third-order valence-corrected chi connectivity index (χ3v) is 3.44. The molecule has 0 radical (unpaired) electrons. The Morgan fingerprint density at radius 2 is 1.73 bits per heavy atom. The number of hydrogen-bond acceptors (Lipinski definition) is 4. The Kier molecular flexibility index (Phi) is 3.47. The van der Waals surface area contributed by atoms with Gasteiger partial charge in [0.25, 0.3) is 0 Å². The van der Waals surface area contributed by atoms with Crippen LogP contribution in [0.25, 0.3) is 22.3 Å². The third kappa shape index (κ3) is 2.36. The van der Waals surface area contributed by atoms with Crippen LogP contribution in [-0.2, 0) is 0 Å². The van der Waals surface area contributed by atoms with E-state index in [-0.39, 0.29) is 11.6 Å². The van der Waals surface area contributed by atoms with E-state index >= 15 is 0 Å². The molecule has 0 aliphatic heterocycles. The van der Waals surface area contributed by atoms with Crippen LogP contribution in [0.1, 0.15) is 5.56 Å². The number of nitriles is 1. The maximum absolute atomic E-state index is 9.74. The second-order valence-electron chi connectivity index (χ2n) is 4.84. The van der Waals surface area contributed by atoms with Gasteiger partial charge in [-0.15, -0.1) is 0 Å². The van der Waals surface area contributed by atoms with Gasteiger partial charge in [0.15, 0.2) is 0 Å². The number of benzene rings is 2. The van der Waals surface area contributed by atoms with E-state index in [0.717, 1.165) is 16.7 Å². The highest BCUT2D eigenvalue weighted by atomic mass is 16.3. The fourth-order valence-electron chi connectivity index (χ4n) is 2.44. The Hall–Kier alpha value is -3.32. The summed E-state index contributed by atoms with van der Waals surface area (Å²) in [6.45, 7) is 0. The van der Waals surface area contributed by atoms with E-state index in [4.69, 9.17) is 5.73 Å². The molecule has 3 aromatic rings. The molecule has 106 valence electrons. The lowest BCUT2D eigenvalue weighted by Gasteiger charge is -2.13. The molecule has 3 rings (SSSR count). The molecule has 0 bridgehead atoms. The van der Waals surface area contributed by atoms with Crippen molar-refractivity contribution in [1.82, 2.24) is 4.98 Å². The number of phenols is 1. The third-order valence-electron chi connectivity index (χ3n) is 3.44. The van der Waals surface area contributed by atoms with E-state index in [1.165, 1.54) is 0 Å². The average Bonchev–Trinajstić information content (AvgIpc) is 2.55. The summed E-state index contributed by atoms with van der Waals surface area (Å²) < 4.78 is 0. The quantitative estimate of drug-likeness (QED) is 0.754. The summed E-state index contributed by atoms with van der Waals surface area (Å²) in [6.07, 6.45) is 1.66. The van der Waals surface area contributed by atoms with E-state index in [2.05, 4.69) is 11.1 Å². The number of hydrogen-bond donors (Lipinski definition) is 2. The van der Waals surface area contributed by atoms with Gasteiger partial charge in [-0.25, -0.2) is 4.98 Å². The number of pyridine rings is 1. The monoisotopic (exact) mass is 287 g/mol. The Morgan fingerprint density at radius 1 is 1.00 bits per heavy atom. The van der Waals surface area contributed by atoms with Gasteiger partial charge in [0.2, 0.25) is 0 Å². The standard InChI is InChI=1S/C18H13N3O/c19-10-15-17(13-7-4-8-14(22)9-13)16(11-21-18(15)20)12-5-2-1-3-6-12/h1-9,11,22H,(H2,20,21). The van der Waals surface area contributed by atoms with Gasteiger partial charge in [0, 0.05) is 17.3 Å². The molecular weight excluding hydrogens is 274 g/mol. The van der Waals surface area contributed by atoms with Crippen molar-refractivity contribution in [3.05, 3.63) is 66.4 Å². The lowest BCUT2D eigenvalue weighted by atomic mass is 9.92. The molecule has 0 saturated carbocycles. The van der Waals surface area contributed by atoms with Crippen molar-refractivity contribution in [2.45, 2.75) is 0 Å². The molecule has 0 fully saturated rings. The molecule has 4 nitrogen and oxygen atoms in total. The number of nitrogens with zero attached hydrogens (tertiary/aromatic N) is 2. The summed E-state index contributed by atoms with van der Waals surface area (Å²) in [6, 6.07) is 18.5. The first-order valence-electron chi connectivity index (χ1n) is 6.74. The lowest BCUT2D eigenvalue weighted by molar-refractivity contribution is 0.475. The van der Waals surface area contributed by atoms with Crippen LogP contribution in [0.4, 0.5) is 5.82 Å². The SMILES string of the molecule is N#Cc1c(N)ncc(-c2ccccc2)c1-c1cccc(O)c1. The Morgan fingerprint density at radius 3 is 2.41 bits per heavy atom. The number of aromatic nitrogens is 1. The van der Waals surface area contributed by atoms with Gasteiger partial charge in [0.1, 0.15) is 23.2 Å². The van der Waals surface area contributed by atoms with E-state index in [1.807, 2.05) is 36.4 Å². The van der Waals surface area contributed by atoms with Crippen LogP contribution in [-0.4, -0.2) is 10.1 Å². The lowest BCUT2D eigenvalue weighted by Crippen LogP contribution is -1.99. The van der Waals surface area contributed by atoms with Crippen LogP contribution >= 0.6 is 0 Å². The van der Waals surface area contributed by atoms with Gasteiger partial charge in [-0.3, -0.25) is 0 Å². The van der Waals surface area contributed by atoms with Crippen molar-refractivity contribution < 1.29 is 5.11 Å². The topological polar surface area (TPSA) is 82.9 Å². The molecule has 2 aromatic carbocycles. The van der Waals surface area contributed by atoms with Crippen LogP contribution in [0.5, 0.6) is 5.75 Å². The highest BCUT2D eigenvalue weighted by Gasteiger charge is 2.16. The molecule has 0 saturated heterocycles. The van der Waals surface area contributed by atoms with Crippen molar-refractivity contribution in [2.24, 2.45) is 0 Å². The summed E-state index contributed by atoms with van der Waals surface area (Å²) in [5.41, 5.74) is 9.31. The van der Waals surface area contributed by atoms with Crippen molar-refractivity contribution in [1.29, 1.82) is 5.26 Å². The van der Waals surface area contributed by atoms with Crippen LogP contribution in [0.3, 0.4) is 0 Å². The number of aromatic hydroxyl groups is 1. The van der Waals surface area contributed by atoms with Gasteiger partial charge in [-0.2, -0.15) is 5.26 Å². The van der Waals surface area contributed by atoms with E-state index in [9.17, 15) is 10.4 Å². The molecular formula is C18H13N3O. The minimum atomic E-state index is 0.135. The molecule has 22 heavy (non-hydrogen) atoms. The summed E-state index contributed by atoms with van der Waals surface area (Å²) in [4.78, 5) is 4.13. The van der Waals surface area contributed by atoms with Gasteiger partial charge in [-0.1, -0.05) is 42.5 Å². The fraction of sp³-hybridized carbons (Fsp3) is 0. The number of anilines is 1. The molecule has 1 aromatic heterocycles. The number of rotatable bonds is 2. The van der Waals surface area contributed by atoms with Crippen LogP contribution in [0, 0.1) is 11.3 Å². The van der Waals surface area contributed by atoms with Crippen molar-refractivity contribution in [3.63, 3.8) is 0 Å². The predicted octanol–water partition coefficient (Wildman–Crippen LogP) is 3.58. The molecule has 4 heteroatoms. The summed E-state index contributed by atoms with van der Waals surface area (Å²) in [7, 11) is 0. The van der Waals surface area contributed by atoms with Gasteiger partial charge < -0.3 is 10.8 Å². The summed E-state index contributed by atoms with van der Waals surface area (Å²) in [5, 5.41) is 19.2. The minimum absolute atomic E-state index is 0.135. The summed E-state index contributed by atoms with van der Waals surface area (Å²) in [5.74, 6) is 0.316.